The average Bonchev–Trinajstić information content (AvgIpc) is 2.69. The summed E-state index contributed by atoms with van der Waals surface area (Å²) in [5.41, 5.74) is 3.11. The second-order valence-electron chi connectivity index (χ2n) is 5.78. The molecule has 0 spiro atoms. The Morgan fingerprint density at radius 2 is 2.24 bits per heavy atom. The van der Waals surface area contributed by atoms with E-state index in [1.807, 2.05) is 0 Å². The highest BCUT2D eigenvalue weighted by Crippen LogP contribution is 2.45. The van der Waals surface area contributed by atoms with Crippen molar-refractivity contribution in [3.8, 4) is 5.75 Å². The van der Waals surface area contributed by atoms with Crippen molar-refractivity contribution in [3.63, 3.8) is 0 Å². The standard InChI is InChI=1S/C14H18BrNO/c1-14(2)7-12(14)16-8-10-6-11(15)5-9-3-4-17-13(9)10/h5-6,12,16H,3-4,7-8H2,1-2H3. The molecule has 1 heterocycles. The van der Waals surface area contributed by atoms with Crippen molar-refractivity contribution in [2.45, 2.75) is 39.3 Å². The lowest BCUT2D eigenvalue weighted by Gasteiger charge is -2.11. The molecule has 1 aromatic carbocycles. The van der Waals surface area contributed by atoms with Gasteiger partial charge in [0, 0.05) is 29.0 Å². The van der Waals surface area contributed by atoms with Crippen molar-refractivity contribution < 1.29 is 4.74 Å². The van der Waals surface area contributed by atoms with Crippen LogP contribution in [0.2, 0.25) is 0 Å². The lowest BCUT2D eigenvalue weighted by Crippen LogP contribution is -2.20. The maximum absolute atomic E-state index is 5.73. The molecule has 0 radical (unpaired) electrons. The summed E-state index contributed by atoms with van der Waals surface area (Å²) in [4.78, 5) is 0. The van der Waals surface area contributed by atoms with Crippen LogP contribution in [0.4, 0.5) is 0 Å². The minimum absolute atomic E-state index is 0.482. The van der Waals surface area contributed by atoms with E-state index in [0.717, 1.165) is 29.8 Å². The van der Waals surface area contributed by atoms with Crippen LogP contribution in [-0.4, -0.2) is 12.6 Å². The van der Waals surface area contributed by atoms with E-state index in [-0.39, 0.29) is 0 Å². The van der Waals surface area contributed by atoms with Gasteiger partial charge in [0.1, 0.15) is 5.75 Å². The molecule has 0 amide bonds. The van der Waals surface area contributed by atoms with Crippen LogP contribution < -0.4 is 10.1 Å². The third-order valence-corrected chi connectivity index (χ3v) is 4.34. The number of benzene rings is 1. The van der Waals surface area contributed by atoms with Gasteiger partial charge in [-0.05, 0) is 29.5 Å². The molecule has 1 atom stereocenters. The van der Waals surface area contributed by atoms with Crippen LogP contribution in [-0.2, 0) is 13.0 Å². The molecule has 0 saturated heterocycles. The highest BCUT2D eigenvalue weighted by Gasteiger charge is 2.45. The number of nitrogens with one attached hydrogen (secondary N) is 1. The SMILES string of the molecule is CC1(C)CC1NCc1cc(Br)cc2c1OCC2. The summed E-state index contributed by atoms with van der Waals surface area (Å²) < 4.78 is 6.89. The second kappa shape index (κ2) is 3.99. The summed E-state index contributed by atoms with van der Waals surface area (Å²) in [5, 5.41) is 3.62. The van der Waals surface area contributed by atoms with Gasteiger partial charge in [-0.2, -0.15) is 0 Å². The monoisotopic (exact) mass is 295 g/mol. The molecule has 2 nitrogen and oxygen atoms in total. The van der Waals surface area contributed by atoms with E-state index in [1.165, 1.54) is 17.5 Å². The van der Waals surface area contributed by atoms with E-state index in [0.29, 0.717) is 11.5 Å². The molecular weight excluding hydrogens is 278 g/mol. The molecule has 92 valence electrons. The highest BCUT2D eigenvalue weighted by molar-refractivity contribution is 9.10. The van der Waals surface area contributed by atoms with E-state index < -0.39 is 0 Å². The number of fused-ring (bicyclic) bond motifs is 1. The summed E-state index contributed by atoms with van der Waals surface area (Å²) in [6, 6.07) is 5.01. The van der Waals surface area contributed by atoms with Gasteiger partial charge in [-0.3, -0.25) is 0 Å². The molecule has 1 aliphatic heterocycles. The summed E-state index contributed by atoms with van der Waals surface area (Å²) in [6.45, 7) is 6.36. The summed E-state index contributed by atoms with van der Waals surface area (Å²) in [5.74, 6) is 1.11. The van der Waals surface area contributed by atoms with Crippen LogP contribution in [0.25, 0.3) is 0 Å². The fourth-order valence-electron chi connectivity index (χ4n) is 2.53. The molecule has 3 rings (SSSR count). The Kier molecular flexibility index (Phi) is 2.71. The van der Waals surface area contributed by atoms with Gasteiger partial charge in [-0.25, -0.2) is 0 Å². The Hall–Kier alpha value is -0.540. The topological polar surface area (TPSA) is 21.3 Å². The maximum Gasteiger partial charge on any atom is 0.127 e. The van der Waals surface area contributed by atoms with Gasteiger partial charge in [0.2, 0.25) is 0 Å². The van der Waals surface area contributed by atoms with Gasteiger partial charge >= 0.3 is 0 Å². The Morgan fingerprint density at radius 1 is 1.47 bits per heavy atom. The van der Waals surface area contributed by atoms with Crippen molar-refractivity contribution >= 4 is 15.9 Å². The second-order valence-corrected chi connectivity index (χ2v) is 6.69. The maximum atomic E-state index is 5.73. The van der Waals surface area contributed by atoms with Gasteiger partial charge in [0.25, 0.3) is 0 Å². The molecule has 2 aliphatic rings. The first-order chi connectivity index (χ1) is 8.06. The van der Waals surface area contributed by atoms with Crippen LogP contribution in [0.5, 0.6) is 5.75 Å². The van der Waals surface area contributed by atoms with Gasteiger partial charge in [0.05, 0.1) is 6.61 Å². The molecular formula is C14H18BrNO. The lowest BCUT2D eigenvalue weighted by atomic mass is 10.1. The van der Waals surface area contributed by atoms with Crippen LogP contribution in [0, 0.1) is 5.41 Å². The predicted molar refractivity (Wildman–Crippen MR) is 72.4 cm³/mol. The quantitative estimate of drug-likeness (QED) is 0.924. The molecule has 1 aliphatic carbocycles. The number of halogens is 1. The molecule has 3 heteroatoms. The molecule has 1 unspecified atom stereocenters. The fraction of sp³-hybridized carbons (Fsp3) is 0.571. The number of rotatable bonds is 3. The zero-order chi connectivity index (χ0) is 12.0. The van der Waals surface area contributed by atoms with Crippen LogP contribution in [0.1, 0.15) is 31.4 Å². The third-order valence-electron chi connectivity index (χ3n) is 3.88. The summed E-state index contributed by atoms with van der Waals surface area (Å²) in [6.07, 6.45) is 2.32. The number of hydrogen-bond donors (Lipinski definition) is 1. The Balaban J connectivity index is 1.75. The minimum Gasteiger partial charge on any atom is -0.493 e. The van der Waals surface area contributed by atoms with Gasteiger partial charge in [-0.1, -0.05) is 29.8 Å². The zero-order valence-electron chi connectivity index (χ0n) is 10.3. The van der Waals surface area contributed by atoms with Crippen molar-refractivity contribution in [3.05, 3.63) is 27.7 Å². The molecule has 1 N–H and O–H groups in total. The average molecular weight is 296 g/mol. The zero-order valence-corrected chi connectivity index (χ0v) is 11.9. The van der Waals surface area contributed by atoms with Crippen molar-refractivity contribution in [1.29, 1.82) is 0 Å². The van der Waals surface area contributed by atoms with E-state index in [9.17, 15) is 0 Å². The lowest BCUT2D eigenvalue weighted by molar-refractivity contribution is 0.352. The highest BCUT2D eigenvalue weighted by atomic mass is 79.9. The molecule has 1 saturated carbocycles. The number of hydrogen-bond acceptors (Lipinski definition) is 2. The first kappa shape index (κ1) is 11.5. The van der Waals surface area contributed by atoms with Gasteiger partial charge < -0.3 is 10.1 Å². The van der Waals surface area contributed by atoms with E-state index in [1.54, 1.807) is 0 Å². The van der Waals surface area contributed by atoms with Crippen LogP contribution in [0.3, 0.4) is 0 Å². The Bertz CT molecular complexity index is 456. The molecule has 1 fully saturated rings. The first-order valence-electron chi connectivity index (χ1n) is 6.24. The first-order valence-corrected chi connectivity index (χ1v) is 7.03. The molecule has 1 aromatic rings. The smallest absolute Gasteiger partial charge is 0.127 e. The summed E-state index contributed by atoms with van der Waals surface area (Å²) in [7, 11) is 0. The minimum atomic E-state index is 0.482. The van der Waals surface area contributed by atoms with E-state index >= 15 is 0 Å². The van der Waals surface area contributed by atoms with Gasteiger partial charge in [0.15, 0.2) is 0 Å². The predicted octanol–water partition coefficient (Wildman–Crippen LogP) is 3.27. The molecule has 0 aromatic heterocycles. The normalized spacial score (nSPS) is 24.3. The Morgan fingerprint density at radius 3 is 2.94 bits per heavy atom. The third kappa shape index (κ3) is 2.23. The van der Waals surface area contributed by atoms with Crippen molar-refractivity contribution in [1.82, 2.24) is 5.32 Å². The van der Waals surface area contributed by atoms with Crippen molar-refractivity contribution in [2.75, 3.05) is 6.61 Å². The number of ether oxygens (including phenoxy) is 1. The summed E-state index contributed by atoms with van der Waals surface area (Å²) >= 11 is 3.58. The van der Waals surface area contributed by atoms with E-state index in [4.69, 9.17) is 4.74 Å². The van der Waals surface area contributed by atoms with Crippen LogP contribution in [0.15, 0.2) is 16.6 Å². The largest absolute Gasteiger partial charge is 0.493 e. The molecule has 0 bridgehead atoms. The van der Waals surface area contributed by atoms with Crippen molar-refractivity contribution in [2.24, 2.45) is 5.41 Å². The van der Waals surface area contributed by atoms with Crippen LogP contribution >= 0.6 is 15.9 Å². The fourth-order valence-corrected chi connectivity index (χ4v) is 3.08. The van der Waals surface area contributed by atoms with Gasteiger partial charge in [-0.15, -0.1) is 0 Å². The Labute approximate surface area is 111 Å². The van der Waals surface area contributed by atoms with E-state index in [2.05, 4.69) is 47.2 Å². The molecule has 17 heavy (non-hydrogen) atoms.